The first-order valence-electron chi connectivity index (χ1n) is 11.4. The molecule has 2 saturated heterocycles. The Balaban J connectivity index is 1.17. The number of anilines is 1. The highest BCUT2D eigenvalue weighted by Crippen LogP contribution is 2.39. The van der Waals surface area contributed by atoms with Crippen molar-refractivity contribution < 1.29 is 9.47 Å². The highest BCUT2D eigenvalue weighted by atomic mass is 16.7. The van der Waals surface area contributed by atoms with Gasteiger partial charge >= 0.3 is 0 Å². The zero-order valence-electron chi connectivity index (χ0n) is 18.5. The van der Waals surface area contributed by atoms with Crippen molar-refractivity contribution in [2.24, 2.45) is 0 Å². The van der Waals surface area contributed by atoms with Crippen molar-refractivity contribution in [1.82, 2.24) is 29.4 Å². The van der Waals surface area contributed by atoms with E-state index >= 15 is 0 Å². The molecule has 0 amide bonds. The number of benzene rings is 1. The van der Waals surface area contributed by atoms with E-state index in [0.29, 0.717) is 6.04 Å². The molecule has 9 nitrogen and oxygen atoms in total. The van der Waals surface area contributed by atoms with Crippen LogP contribution >= 0.6 is 0 Å². The largest absolute Gasteiger partial charge is 0.454 e. The number of nitrogens with zero attached hydrogens (tertiary/aromatic N) is 7. The lowest BCUT2D eigenvalue weighted by Crippen LogP contribution is -2.63. The predicted octanol–water partition coefficient (Wildman–Crippen LogP) is 2.11. The molecule has 4 aromatic rings. The average molecular weight is 444 g/mol. The molecule has 0 spiro atoms. The molecule has 2 fully saturated rings. The van der Waals surface area contributed by atoms with Gasteiger partial charge in [0.05, 0.1) is 29.8 Å². The van der Waals surface area contributed by atoms with Crippen LogP contribution in [-0.4, -0.2) is 88.5 Å². The minimum absolute atomic E-state index is 0.244. The Kier molecular flexibility index (Phi) is 4.22. The molecule has 7 rings (SSSR count). The summed E-state index contributed by atoms with van der Waals surface area (Å²) >= 11 is 0. The van der Waals surface area contributed by atoms with Crippen LogP contribution in [0.2, 0.25) is 0 Å². The van der Waals surface area contributed by atoms with Gasteiger partial charge in [0, 0.05) is 68.5 Å². The minimum atomic E-state index is 0.244. The number of aromatic nitrogens is 4. The van der Waals surface area contributed by atoms with Gasteiger partial charge in [-0.25, -0.2) is 9.50 Å². The predicted molar refractivity (Wildman–Crippen MR) is 125 cm³/mol. The molecule has 0 N–H and O–H groups in total. The third-order valence-corrected chi connectivity index (χ3v) is 7.15. The molecule has 0 saturated carbocycles. The maximum absolute atomic E-state index is 5.59. The summed E-state index contributed by atoms with van der Waals surface area (Å²) in [6.45, 7) is 6.98. The minimum Gasteiger partial charge on any atom is -0.454 e. The first-order chi connectivity index (χ1) is 16.2. The van der Waals surface area contributed by atoms with Crippen LogP contribution in [0.5, 0.6) is 11.5 Å². The number of pyridine rings is 1. The van der Waals surface area contributed by atoms with Crippen molar-refractivity contribution in [2.45, 2.75) is 6.04 Å². The maximum Gasteiger partial charge on any atom is 0.231 e. The van der Waals surface area contributed by atoms with Crippen molar-refractivity contribution in [1.29, 1.82) is 0 Å². The van der Waals surface area contributed by atoms with Crippen LogP contribution in [0.1, 0.15) is 0 Å². The van der Waals surface area contributed by atoms with Crippen LogP contribution in [0, 0.1) is 0 Å². The summed E-state index contributed by atoms with van der Waals surface area (Å²) in [6, 6.07) is 6.57. The first-order valence-corrected chi connectivity index (χ1v) is 11.4. The summed E-state index contributed by atoms with van der Waals surface area (Å²) in [6.07, 6.45) is 7.76. The van der Waals surface area contributed by atoms with Gasteiger partial charge < -0.3 is 19.3 Å². The zero-order chi connectivity index (χ0) is 21.9. The highest BCUT2D eigenvalue weighted by Gasteiger charge is 2.33. The summed E-state index contributed by atoms with van der Waals surface area (Å²) in [7, 11) is 2.20. The van der Waals surface area contributed by atoms with Gasteiger partial charge in [0.25, 0.3) is 0 Å². The summed E-state index contributed by atoms with van der Waals surface area (Å²) in [5, 5.41) is 5.63. The van der Waals surface area contributed by atoms with Crippen LogP contribution in [0.25, 0.3) is 27.7 Å². The van der Waals surface area contributed by atoms with Crippen LogP contribution < -0.4 is 14.4 Å². The Labute approximate surface area is 191 Å². The van der Waals surface area contributed by atoms with Gasteiger partial charge in [-0.2, -0.15) is 5.10 Å². The summed E-state index contributed by atoms with van der Waals surface area (Å²) < 4.78 is 13.0. The van der Waals surface area contributed by atoms with E-state index < -0.39 is 0 Å². The van der Waals surface area contributed by atoms with Crippen molar-refractivity contribution in [2.75, 3.05) is 58.0 Å². The topological polar surface area (TPSA) is 71.3 Å². The van der Waals surface area contributed by atoms with Crippen molar-refractivity contribution in [3.05, 3.63) is 43.0 Å². The standard InChI is InChI=1S/C24H25N7O2/c1-28-4-6-29(7-5-28)17-12-30(13-17)16-10-26-24-20(11-27-31(24)14-16)18-2-3-25-21-9-23-22(8-19(18)21)32-15-33-23/h2-3,8-11,14,17H,4-7,12-13,15H2,1H3. The molecule has 0 radical (unpaired) electrons. The van der Waals surface area contributed by atoms with E-state index in [4.69, 9.17) is 14.5 Å². The SMILES string of the molecule is CN1CCN(C2CN(c3cnc4c(-c5ccnc6cc7c(cc56)OCO7)cnn4c3)C2)CC1. The smallest absolute Gasteiger partial charge is 0.231 e. The fraction of sp³-hybridized carbons (Fsp3) is 0.375. The van der Waals surface area contributed by atoms with E-state index in [-0.39, 0.29) is 6.79 Å². The molecular formula is C24H25N7O2. The van der Waals surface area contributed by atoms with Crippen molar-refractivity contribution in [3.63, 3.8) is 0 Å². The Morgan fingerprint density at radius 1 is 0.939 bits per heavy atom. The molecule has 0 unspecified atom stereocenters. The lowest BCUT2D eigenvalue weighted by Gasteiger charge is -2.48. The second-order valence-corrected chi connectivity index (χ2v) is 9.12. The normalized spacial score (nSPS) is 19.5. The third kappa shape index (κ3) is 3.11. The molecule has 0 aliphatic carbocycles. The monoisotopic (exact) mass is 443 g/mol. The quantitative estimate of drug-likeness (QED) is 0.477. The number of fused-ring (bicyclic) bond motifs is 3. The molecule has 6 heterocycles. The summed E-state index contributed by atoms with van der Waals surface area (Å²) in [5.74, 6) is 1.48. The van der Waals surface area contributed by atoms with Gasteiger partial charge in [0.1, 0.15) is 0 Å². The molecule has 9 heteroatoms. The average Bonchev–Trinajstić information content (AvgIpc) is 3.43. The summed E-state index contributed by atoms with van der Waals surface area (Å²) in [5.41, 5.74) is 4.83. The Morgan fingerprint density at radius 2 is 1.76 bits per heavy atom. The number of rotatable bonds is 3. The van der Waals surface area contributed by atoms with Crippen LogP contribution in [0.3, 0.4) is 0 Å². The van der Waals surface area contributed by atoms with Crippen LogP contribution in [-0.2, 0) is 0 Å². The highest BCUT2D eigenvalue weighted by molar-refractivity contribution is 5.99. The molecule has 3 aliphatic rings. The number of ether oxygens (including phenoxy) is 2. The van der Waals surface area contributed by atoms with Gasteiger partial charge in [-0.1, -0.05) is 0 Å². The van der Waals surface area contributed by atoms with E-state index in [0.717, 1.165) is 84.1 Å². The van der Waals surface area contributed by atoms with Gasteiger partial charge in [-0.15, -0.1) is 0 Å². The van der Waals surface area contributed by atoms with E-state index in [1.54, 1.807) is 0 Å². The van der Waals surface area contributed by atoms with Gasteiger partial charge in [0.2, 0.25) is 6.79 Å². The lowest BCUT2D eigenvalue weighted by atomic mass is 10.0. The molecule has 168 valence electrons. The van der Waals surface area contributed by atoms with Crippen molar-refractivity contribution >= 4 is 22.2 Å². The Hall–Kier alpha value is -3.43. The molecular weight excluding hydrogens is 418 g/mol. The van der Waals surface area contributed by atoms with E-state index in [2.05, 4.69) is 38.0 Å². The van der Waals surface area contributed by atoms with Gasteiger partial charge in [0.15, 0.2) is 17.1 Å². The maximum atomic E-state index is 5.59. The van der Waals surface area contributed by atoms with E-state index in [1.165, 1.54) is 0 Å². The van der Waals surface area contributed by atoms with Crippen LogP contribution in [0.15, 0.2) is 43.0 Å². The van der Waals surface area contributed by atoms with Crippen LogP contribution in [0.4, 0.5) is 5.69 Å². The molecule has 0 bridgehead atoms. The summed E-state index contributed by atoms with van der Waals surface area (Å²) in [4.78, 5) is 16.7. The second-order valence-electron chi connectivity index (χ2n) is 9.12. The molecule has 0 atom stereocenters. The third-order valence-electron chi connectivity index (χ3n) is 7.15. The molecule has 3 aliphatic heterocycles. The Morgan fingerprint density at radius 3 is 2.61 bits per heavy atom. The number of likely N-dealkylation sites (N-methyl/N-ethyl adjacent to an activating group) is 1. The first kappa shape index (κ1) is 19.1. The second kappa shape index (κ2) is 7.29. The molecule has 1 aromatic carbocycles. The van der Waals surface area contributed by atoms with Gasteiger partial charge in [-0.3, -0.25) is 9.88 Å². The van der Waals surface area contributed by atoms with E-state index in [9.17, 15) is 0 Å². The van der Waals surface area contributed by atoms with Gasteiger partial charge in [-0.05, 0) is 24.7 Å². The fourth-order valence-corrected chi connectivity index (χ4v) is 5.07. The zero-order valence-corrected chi connectivity index (χ0v) is 18.5. The molecule has 33 heavy (non-hydrogen) atoms. The molecule has 3 aromatic heterocycles. The van der Waals surface area contributed by atoms with Crippen molar-refractivity contribution in [3.8, 4) is 22.6 Å². The fourth-order valence-electron chi connectivity index (χ4n) is 5.07. The van der Waals surface area contributed by atoms with E-state index in [1.807, 2.05) is 41.3 Å². The number of piperazine rings is 1. The number of hydrogen-bond donors (Lipinski definition) is 0. The Bertz CT molecular complexity index is 1360. The lowest BCUT2D eigenvalue weighted by molar-refractivity contribution is 0.0963. The number of hydrogen-bond acceptors (Lipinski definition) is 8.